The predicted molar refractivity (Wildman–Crippen MR) is 98.4 cm³/mol. The van der Waals surface area contributed by atoms with Gasteiger partial charge >= 0.3 is 0 Å². The number of hydrogen-bond acceptors (Lipinski definition) is 2. The van der Waals surface area contributed by atoms with Crippen molar-refractivity contribution in [1.82, 2.24) is 5.32 Å². The maximum absolute atomic E-state index is 6.03. The molecule has 1 aromatic carbocycles. The van der Waals surface area contributed by atoms with Gasteiger partial charge in [-0.3, -0.25) is 0 Å². The Balaban J connectivity index is 1.29. The van der Waals surface area contributed by atoms with Crippen molar-refractivity contribution in [2.45, 2.75) is 76.3 Å². The van der Waals surface area contributed by atoms with Gasteiger partial charge in [-0.25, -0.2) is 0 Å². The molecule has 2 aliphatic carbocycles. The minimum Gasteiger partial charge on any atom is -0.328 e. The summed E-state index contributed by atoms with van der Waals surface area (Å²) < 4.78 is 0. The highest BCUT2D eigenvalue weighted by Gasteiger charge is 2.25. The highest BCUT2D eigenvalue weighted by molar-refractivity contribution is 5.14. The van der Waals surface area contributed by atoms with E-state index in [-0.39, 0.29) is 0 Å². The second-order valence-corrected chi connectivity index (χ2v) is 7.92. The van der Waals surface area contributed by atoms with Crippen molar-refractivity contribution < 1.29 is 0 Å². The summed E-state index contributed by atoms with van der Waals surface area (Å²) in [6, 6.07) is 12.1. The third-order valence-corrected chi connectivity index (χ3v) is 6.09. The van der Waals surface area contributed by atoms with Crippen LogP contribution < -0.4 is 11.1 Å². The molecule has 0 spiro atoms. The fraction of sp³-hybridized carbons (Fsp3) is 0.714. The molecule has 0 radical (unpaired) electrons. The van der Waals surface area contributed by atoms with Gasteiger partial charge in [0, 0.05) is 12.1 Å². The average molecular weight is 315 g/mol. The second-order valence-electron chi connectivity index (χ2n) is 7.92. The first-order chi connectivity index (χ1) is 11.3. The Morgan fingerprint density at radius 3 is 2.09 bits per heavy atom. The molecule has 0 heterocycles. The molecule has 0 amide bonds. The maximum atomic E-state index is 6.03. The summed E-state index contributed by atoms with van der Waals surface area (Å²) in [6.07, 6.45) is 13.6. The van der Waals surface area contributed by atoms with E-state index in [4.69, 9.17) is 5.73 Å². The molecular weight excluding hydrogens is 280 g/mol. The Kier molecular flexibility index (Phi) is 6.53. The topological polar surface area (TPSA) is 38.0 Å². The highest BCUT2D eigenvalue weighted by Crippen LogP contribution is 2.35. The molecule has 3 N–H and O–H groups in total. The first-order valence-corrected chi connectivity index (χ1v) is 9.82. The van der Waals surface area contributed by atoms with Gasteiger partial charge in [-0.05, 0) is 88.2 Å². The van der Waals surface area contributed by atoms with Crippen LogP contribution in [0.25, 0.3) is 0 Å². The van der Waals surface area contributed by atoms with Gasteiger partial charge in [0.2, 0.25) is 0 Å². The average Bonchev–Trinajstić information content (AvgIpc) is 2.59. The quantitative estimate of drug-likeness (QED) is 0.822. The van der Waals surface area contributed by atoms with Gasteiger partial charge < -0.3 is 11.1 Å². The number of hydrogen-bond donors (Lipinski definition) is 2. The monoisotopic (exact) mass is 314 g/mol. The summed E-state index contributed by atoms with van der Waals surface area (Å²) in [5.41, 5.74) is 7.48. The molecule has 0 saturated heterocycles. The fourth-order valence-corrected chi connectivity index (χ4v) is 4.56. The predicted octanol–water partition coefficient (Wildman–Crippen LogP) is 4.29. The molecule has 0 unspecified atom stereocenters. The van der Waals surface area contributed by atoms with E-state index in [9.17, 15) is 0 Å². The summed E-state index contributed by atoms with van der Waals surface area (Å²) in [4.78, 5) is 0. The summed E-state index contributed by atoms with van der Waals surface area (Å²) >= 11 is 0. The number of nitrogens with two attached hydrogens (primary N) is 1. The van der Waals surface area contributed by atoms with Gasteiger partial charge in [0.15, 0.2) is 0 Å². The van der Waals surface area contributed by atoms with Gasteiger partial charge in [0.1, 0.15) is 0 Å². The van der Waals surface area contributed by atoms with E-state index < -0.39 is 0 Å². The molecule has 128 valence electrons. The Bertz CT molecular complexity index is 428. The van der Waals surface area contributed by atoms with Gasteiger partial charge in [0.05, 0.1) is 0 Å². The molecule has 2 nitrogen and oxygen atoms in total. The number of nitrogens with one attached hydrogen (secondary N) is 1. The number of benzene rings is 1. The van der Waals surface area contributed by atoms with Crippen molar-refractivity contribution in [3.05, 3.63) is 35.9 Å². The SMILES string of the molecule is NC1CCC(CC2CCC(NCCc3ccccc3)CC2)CC1. The molecule has 2 heteroatoms. The van der Waals surface area contributed by atoms with Crippen LogP contribution in [0.15, 0.2) is 30.3 Å². The lowest BCUT2D eigenvalue weighted by Gasteiger charge is -2.33. The van der Waals surface area contributed by atoms with Crippen LogP contribution in [0.4, 0.5) is 0 Å². The molecule has 2 saturated carbocycles. The highest BCUT2D eigenvalue weighted by atomic mass is 14.9. The van der Waals surface area contributed by atoms with Gasteiger partial charge in [0.25, 0.3) is 0 Å². The Morgan fingerprint density at radius 1 is 0.826 bits per heavy atom. The van der Waals surface area contributed by atoms with Crippen LogP contribution in [-0.4, -0.2) is 18.6 Å². The summed E-state index contributed by atoms with van der Waals surface area (Å²) in [7, 11) is 0. The van der Waals surface area contributed by atoms with Crippen molar-refractivity contribution in [3.63, 3.8) is 0 Å². The maximum Gasteiger partial charge on any atom is 0.00673 e. The van der Waals surface area contributed by atoms with Crippen LogP contribution in [0.2, 0.25) is 0 Å². The summed E-state index contributed by atoms with van der Waals surface area (Å²) in [5.74, 6) is 1.96. The van der Waals surface area contributed by atoms with Crippen molar-refractivity contribution in [2.75, 3.05) is 6.54 Å². The molecule has 2 fully saturated rings. The van der Waals surface area contributed by atoms with E-state index in [1.54, 1.807) is 0 Å². The van der Waals surface area contributed by atoms with E-state index in [0.717, 1.165) is 30.8 Å². The van der Waals surface area contributed by atoms with Crippen LogP contribution in [0.5, 0.6) is 0 Å². The molecule has 23 heavy (non-hydrogen) atoms. The van der Waals surface area contributed by atoms with Crippen molar-refractivity contribution >= 4 is 0 Å². The lowest BCUT2D eigenvalue weighted by Crippen LogP contribution is -2.35. The Morgan fingerprint density at radius 2 is 1.43 bits per heavy atom. The zero-order valence-corrected chi connectivity index (χ0v) is 14.6. The van der Waals surface area contributed by atoms with Crippen molar-refractivity contribution in [1.29, 1.82) is 0 Å². The standard InChI is InChI=1S/C21H34N2/c22-20-10-6-18(7-11-20)16-19-8-12-21(13-9-19)23-15-14-17-4-2-1-3-5-17/h1-5,18-21,23H,6-16,22H2. The van der Waals surface area contributed by atoms with Gasteiger partial charge in [-0.2, -0.15) is 0 Å². The molecule has 0 bridgehead atoms. The largest absolute Gasteiger partial charge is 0.328 e. The second kappa shape index (κ2) is 8.84. The van der Waals surface area contributed by atoms with Crippen LogP contribution >= 0.6 is 0 Å². The third-order valence-electron chi connectivity index (χ3n) is 6.09. The van der Waals surface area contributed by atoms with Gasteiger partial charge in [-0.1, -0.05) is 30.3 Å². The van der Waals surface area contributed by atoms with Gasteiger partial charge in [-0.15, -0.1) is 0 Å². The van der Waals surface area contributed by atoms with E-state index in [0.29, 0.717) is 6.04 Å². The zero-order valence-electron chi connectivity index (χ0n) is 14.6. The lowest BCUT2D eigenvalue weighted by molar-refractivity contribution is 0.215. The van der Waals surface area contributed by atoms with Crippen LogP contribution in [0, 0.1) is 11.8 Å². The molecule has 0 aliphatic heterocycles. The summed E-state index contributed by atoms with van der Waals surface area (Å²) in [5, 5.41) is 3.78. The van der Waals surface area contributed by atoms with Crippen LogP contribution in [-0.2, 0) is 6.42 Å². The Labute approximate surface area is 142 Å². The van der Waals surface area contributed by atoms with Crippen molar-refractivity contribution in [3.8, 4) is 0 Å². The van der Waals surface area contributed by atoms with E-state index in [1.807, 2.05) is 0 Å². The fourth-order valence-electron chi connectivity index (χ4n) is 4.56. The normalized spacial score (nSPS) is 31.9. The van der Waals surface area contributed by atoms with Crippen LogP contribution in [0.1, 0.15) is 63.4 Å². The van der Waals surface area contributed by atoms with Crippen LogP contribution in [0.3, 0.4) is 0 Å². The third kappa shape index (κ3) is 5.61. The minimum absolute atomic E-state index is 0.496. The van der Waals surface area contributed by atoms with Crippen molar-refractivity contribution in [2.24, 2.45) is 17.6 Å². The minimum atomic E-state index is 0.496. The number of rotatable bonds is 6. The molecule has 3 rings (SSSR count). The molecular formula is C21H34N2. The first-order valence-electron chi connectivity index (χ1n) is 9.82. The smallest absolute Gasteiger partial charge is 0.00673 e. The first kappa shape index (κ1) is 17.0. The molecule has 1 aromatic rings. The van der Waals surface area contributed by atoms with E-state index in [1.165, 1.54) is 63.4 Å². The molecule has 0 atom stereocenters. The van der Waals surface area contributed by atoms with E-state index in [2.05, 4.69) is 35.6 Å². The Hall–Kier alpha value is -0.860. The molecule has 2 aliphatic rings. The molecule has 0 aromatic heterocycles. The summed E-state index contributed by atoms with van der Waals surface area (Å²) in [6.45, 7) is 1.12. The van der Waals surface area contributed by atoms with E-state index >= 15 is 0 Å². The zero-order chi connectivity index (χ0) is 15.9. The lowest BCUT2D eigenvalue weighted by atomic mass is 9.76.